The zero-order valence-corrected chi connectivity index (χ0v) is 14.7. The zero-order valence-electron chi connectivity index (χ0n) is 13.1. The van der Waals surface area contributed by atoms with Gasteiger partial charge in [-0.2, -0.15) is 0 Å². The number of aliphatic hydroxyl groups is 1. The standard InChI is InChI=1S/C18H15BrN2O3/c1-9-7-11-15(12(19)8-9)21(2)17(23)18(11,24)14-10-5-3-4-6-13(10)20-16(14)22/h3-8,14,24H,1-2H3,(H,20,22)/t14-,18+/m0/s1. The third-order valence-electron chi connectivity index (χ3n) is 4.79. The number of fused-ring (bicyclic) bond motifs is 2. The lowest BCUT2D eigenvalue weighted by atomic mass is 9.78. The Morgan fingerprint density at radius 3 is 2.71 bits per heavy atom. The highest BCUT2D eigenvalue weighted by atomic mass is 79.9. The summed E-state index contributed by atoms with van der Waals surface area (Å²) in [6.07, 6.45) is 0. The van der Waals surface area contributed by atoms with Gasteiger partial charge in [0.05, 0.1) is 5.69 Å². The van der Waals surface area contributed by atoms with E-state index in [4.69, 9.17) is 0 Å². The number of carbonyl (C=O) groups excluding carboxylic acids is 2. The summed E-state index contributed by atoms with van der Waals surface area (Å²) in [5, 5.41) is 14.2. The Balaban J connectivity index is 2.00. The first-order valence-electron chi connectivity index (χ1n) is 7.56. The molecule has 0 spiro atoms. The average Bonchev–Trinajstić information content (AvgIpc) is 2.96. The quantitative estimate of drug-likeness (QED) is 0.791. The van der Waals surface area contributed by atoms with Crippen LogP contribution in [0.3, 0.4) is 0 Å². The van der Waals surface area contributed by atoms with Gasteiger partial charge in [-0.3, -0.25) is 9.59 Å². The van der Waals surface area contributed by atoms with Crippen LogP contribution >= 0.6 is 15.9 Å². The van der Waals surface area contributed by atoms with Gasteiger partial charge >= 0.3 is 0 Å². The number of nitrogens with zero attached hydrogens (tertiary/aromatic N) is 1. The largest absolute Gasteiger partial charge is 0.374 e. The van der Waals surface area contributed by atoms with E-state index in [0.717, 1.165) is 10.0 Å². The summed E-state index contributed by atoms with van der Waals surface area (Å²) in [4.78, 5) is 27.0. The zero-order chi connectivity index (χ0) is 17.2. The second-order valence-corrected chi connectivity index (χ2v) is 7.14. The highest BCUT2D eigenvalue weighted by Crippen LogP contribution is 2.53. The molecule has 0 fully saturated rings. The average molecular weight is 387 g/mol. The van der Waals surface area contributed by atoms with Crippen molar-refractivity contribution in [2.75, 3.05) is 17.3 Å². The van der Waals surface area contributed by atoms with E-state index in [0.29, 0.717) is 22.5 Å². The molecular formula is C18H15BrN2O3. The van der Waals surface area contributed by atoms with E-state index in [2.05, 4.69) is 21.2 Å². The number of hydrogen-bond acceptors (Lipinski definition) is 3. The van der Waals surface area contributed by atoms with Crippen LogP contribution in [0.5, 0.6) is 0 Å². The Bertz CT molecular complexity index is 911. The molecule has 2 amide bonds. The molecule has 122 valence electrons. The van der Waals surface area contributed by atoms with Gasteiger partial charge in [-0.15, -0.1) is 0 Å². The SMILES string of the molecule is Cc1cc(Br)c2c(c1)[C@@](O)([C@@H]1C(=O)Nc3ccccc31)C(=O)N2C. The lowest BCUT2D eigenvalue weighted by Crippen LogP contribution is -2.45. The van der Waals surface area contributed by atoms with Crippen LogP contribution in [0.4, 0.5) is 11.4 Å². The van der Waals surface area contributed by atoms with Crippen LogP contribution in [0.2, 0.25) is 0 Å². The van der Waals surface area contributed by atoms with E-state index >= 15 is 0 Å². The molecule has 24 heavy (non-hydrogen) atoms. The molecule has 2 aromatic carbocycles. The molecular weight excluding hydrogens is 372 g/mol. The van der Waals surface area contributed by atoms with Gasteiger partial charge in [0.2, 0.25) is 5.91 Å². The minimum Gasteiger partial charge on any atom is -0.374 e. The topological polar surface area (TPSA) is 69.6 Å². The third-order valence-corrected chi connectivity index (χ3v) is 5.40. The van der Waals surface area contributed by atoms with Crippen molar-refractivity contribution in [2.24, 2.45) is 0 Å². The fourth-order valence-corrected chi connectivity index (χ4v) is 4.58. The van der Waals surface area contributed by atoms with E-state index in [-0.39, 0.29) is 5.91 Å². The highest BCUT2D eigenvalue weighted by molar-refractivity contribution is 9.10. The maximum atomic E-state index is 13.0. The number of aryl methyl sites for hydroxylation is 1. The summed E-state index contributed by atoms with van der Waals surface area (Å²) < 4.78 is 0.718. The molecule has 2 heterocycles. The number of likely N-dealkylation sites (N-methyl/N-ethyl adjacent to an activating group) is 1. The second kappa shape index (κ2) is 4.91. The van der Waals surface area contributed by atoms with Crippen molar-refractivity contribution in [3.63, 3.8) is 0 Å². The van der Waals surface area contributed by atoms with Crippen LogP contribution in [-0.2, 0) is 15.2 Å². The molecule has 2 atom stereocenters. The van der Waals surface area contributed by atoms with Gasteiger partial charge in [0, 0.05) is 22.8 Å². The molecule has 2 aromatic rings. The van der Waals surface area contributed by atoms with Gasteiger partial charge in [0.15, 0.2) is 5.60 Å². The fourth-order valence-electron chi connectivity index (χ4n) is 3.74. The monoisotopic (exact) mass is 386 g/mol. The van der Waals surface area contributed by atoms with E-state index < -0.39 is 17.4 Å². The van der Waals surface area contributed by atoms with Crippen molar-refractivity contribution in [3.05, 3.63) is 57.6 Å². The van der Waals surface area contributed by atoms with Gasteiger partial charge in [0.25, 0.3) is 5.91 Å². The lowest BCUT2D eigenvalue weighted by molar-refractivity contribution is -0.143. The lowest BCUT2D eigenvalue weighted by Gasteiger charge is -2.27. The number of carbonyl (C=O) groups is 2. The van der Waals surface area contributed by atoms with E-state index in [1.165, 1.54) is 4.90 Å². The molecule has 4 rings (SSSR count). The van der Waals surface area contributed by atoms with Crippen LogP contribution in [-0.4, -0.2) is 24.0 Å². The van der Waals surface area contributed by atoms with Crippen molar-refractivity contribution in [3.8, 4) is 0 Å². The maximum Gasteiger partial charge on any atom is 0.264 e. The minimum absolute atomic E-state index is 0.370. The molecule has 0 unspecified atom stereocenters. The number of hydrogen-bond donors (Lipinski definition) is 2. The van der Waals surface area contributed by atoms with Crippen LogP contribution in [0.25, 0.3) is 0 Å². The molecule has 0 aromatic heterocycles. The van der Waals surface area contributed by atoms with E-state index in [9.17, 15) is 14.7 Å². The van der Waals surface area contributed by atoms with Gasteiger partial charge in [-0.25, -0.2) is 0 Å². The number of halogens is 1. The number of amides is 2. The number of nitrogens with one attached hydrogen (secondary N) is 1. The summed E-state index contributed by atoms with van der Waals surface area (Å²) in [5.74, 6) is -1.84. The highest BCUT2D eigenvalue weighted by Gasteiger charge is 2.59. The molecule has 5 nitrogen and oxygen atoms in total. The Morgan fingerprint density at radius 2 is 1.96 bits per heavy atom. The molecule has 0 saturated carbocycles. The molecule has 0 aliphatic carbocycles. The van der Waals surface area contributed by atoms with Crippen molar-refractivity contribution in [1.82, 2.24) is 0 Å². The smallest absolute Gasteiger partial charge is 0.264 e. The normalized spacial score (nSPS) is 24.8. The van der Waals surface area contributed by atoms with Crippen LogP contribution < -0.4 is 10.2 Å². The van der Waals surface area contributed by atoms with Crippen LogP contribution in [0.1, 0.15) is 22.6 Å². The van der Waals surface area contributed by atoms with Crippen molar-refractivity contribution in [1.29, 1.82) is 0 Å². The van der Waals surface area contributed by atoms with Crippen LogP contribution in [0, 0.1) is 6.92 Å². The predicted octanol–water partition coefficient (Wildman–Crippen LogP) is 2.66. The molecule has 2 N–H and O–H groups in total. The molecule has 0 bridgehead atoms. The van der Waals surface area contributed by atoms with Crippen molar-refractivity contribution in [2.45, 2.75) is 18.4 Å². The summed E-state index contributed by atoms with van der Waals surface area (Å²) in [6.45, 7) is 1.89. The summed E-state index contributed by atoms with van der Waals surface area (Å²) in [5.41, 5.74) is 1.31. The number of rotatable bonds is 1. The van der Waals surface area contributed by atoms with Crippen molar-refractivity contribution < 1.29 is 14.7 Å². The first-order chi connectivity index (χ1) is 11.4. The Hall–Kier alpha value is -2.18. The molecule has 0 saturated heterocycles. The van der Waals surface area contributed by atoms with E-state index in [1.54, 1.807) is 31.3 Å². The number of anilines is 2. The fraction of sp³-hybridized carbons (Fsp3) is 0.222. The summed E-state index contributed by atoms with van der Waals surface area (Å²) >= 11 is 3.47. The number of para-hydroxylation sites is 1. The molecule has 2 aliphatic heterocycles. The molecule has 2 aliphatic rings. The minimum atomic E-state index is -1.92. The number of benzene rings is 2. The van der Waals surface area contributed by atoms with Gasteiger partial charge in [0.1, 0.15) is 5.92 Å². The first-order valence-corrected chi connectivity index (χ1v) is 8.36. The third kappa shape index (κ3) is 1.78. The summed E-state index contributed by atoms with van der Waals surface area (Å²) in [6, 6.07) is 10.8. The van der Waals surface area contributed by atoms with Gasteiger partial charge in [-0.05, 0) is 46.1 Å². The second-order valence-electron chi connectivity index (χ2n) is 6.28. The van der Waals surface area contributed by atoms with Gasteiger partial charge < -0.3 is 15.3 Å². The van der Waals surface area contributed by atoms with Gasteiger partial charge in [-0.1, -0.05) is 24.3 Å². The Kier molecular flexibility index (Phi) is 3.14. The molecule has 6 heteroatoms. The Labute approximate surface area is 147 Å². The van der Waals surface area contributed by atoms with Crippen LogP contribution in [0.15, 0.2) is 40.9 Å². The molecule has 0 radical (unpaired) electrons. The maximum absolute atomic E-state index is 13.0. The predicted molar refractivity (Wildman–Crippen MR) is 94.0 cm³/mol. The van der Waals surface area contributed by atoms with E-state index in [1.807, 2.05) is 19.1 Å². The van der Waals surface area contributed by atoms with Crippen molar-refractivity contribution >= 4 is 39.1 Å². The first kappa shape index (κ1) is 15.4. The Morgan fingerprint density at radius 1 is 1.25 bits per heavy atom. The summed E-state index contributed by atoms with van der Waals surface area (Å²) in [7, 11) is 1.61.